The van der Waals surface area contributed by atoms with E-state index in [4.69, 9.17) is 0 Å². The summed E-state index contributed by atoms with van der Waals surface area (Å²) in [5.74, 6) is 0.250. The van der Waals surface area contributed by atoms with Crippen molar-refractivity contribution in [1.29, 1.82) is 0 Å². The number of ketones is 1. The number of nitrogens with one attached hydrogen (secondary N) is 1. The summed E-state index contributed by atoms with van der Waals surface area (Å²) in [7, 11) is 0. The van der Waals surface area contributed by atoms with Crippen molar-refractivity contribution in [3.8, 4) is 0 Å². The number of hydrogen-bond acceptors (Lipinski definition) is 1. The average molecular weight is 201 g/mol. The Morgan fingerprint density at radius 3 is 3.00 bits per heavy atom. The monoisotopic (exact) mass is 201 g/mol. The van der Waals surface area contributed by atoms with Crippen LogP contribution in [0.4, 0.5) is 0 Å². The van der Waals surface area contributed by atoms with Gasteiger partial charge in [0.05, 0.1) is 0 Å². The molecular formula is C13H15NO. The molecule has 1 heterocycles. The summed E-state index contributed by atoms with van der Waals surface area (Å²) in [6, 6.07) is 7.82. The van der Waals surface area contributed by atoms with Crippen molar-refractivity contribution < 1.29 is 4.79 Å². The molecule has 0 saturated heterocycles. The number of aromatic amines is 1. The molecule has 0 aliphatic heterocycles. The zero-order valence-electron chi connectivity index (χ0n) is 8.92. The highest BCUT2D eigenvalue weighted by Gasteiger charge is 2.05. The molecule has 0 aliphatic carbocycles. The van der Waals surface area contributed by atoms with Gasteiger partial charge in [-0.25, -0.2) is 0 Å². The molecular weight excluding hydrogens is 186 g/mol. The normalized spacial score (nSPS) is 10.7. The number of Topliss-reactive ketones (excluding diaryl/α,β-unsaturated/α-hetero) is 1. The molecule has 2 rings (SSSR count). The third-order valence-electron chi connectivity index (χ3n) is 2.63. The molecule has 1 aromatic heterocycles. The van der Waals surface area contributed by atoms with Crippen LogP contribution < -0.4 is 0 Å². The van der Waals surface area contributed by atoms with Crippen LogP contribution >= 0.6 is 0 Å². The fraction of sp³-hybridized carbons (Fsp3) is 0.308. The van der Waals surface area contributed by atoms with E-state index in [0.29, 0.717) is 6.42 Å². The Bertz CT molecular complexity index is 470. The number of fused-ring (bicyclic) bond motifs is 1. The van der Waals surface area contributed by atoms with Crippen molar-refractivity contribution >= 4 is 16.7 Å². The van der Waals surface area contributed by atoms with Crippen molar-refractivity contribution in [3.05, 3.63) is 36.0 Å². The Balaban J connectivity index is 2.23. The van der Waals surface area contributed by atoms with E-state index < -0.39 is 0 Å². The van der Waals surface area contributed by atoms with Gasteiger partial charge in [-0.2, -0.15) is 0 Å². The molecule has 0 fully saturated rings. The largest absolute Gasteiger partial charge is 0.361 e. The van der Waals surface area contributed by atoms with Crippen molar-refractivity contribution in [1.82, 2.24) is 4.98 Å². The Morgan fingerprint density at radius 2 is 2.20 bits per heavy atom. The topological polar surface area (TPSA) is 32.9 Å². The fourth-order valence-corrected chi connectivity index (χ4v) is 1.71. The number of unbranched alkanes of at least 4 members (excludes halogenated alkanes) is 1. The number of rotatable bonds is 4. The molecule has 0 radical (unpaired) electrons. The quantitative estimate of drug-likeness (QED) is 0.754. The van der Waals surface area contributed by atoms with Crippen molar-refractivity contribution in [2.24, 2.45) is 0 Å². The van der Waals surface area contributed by atoms with Crippen LogP contribution in [0.1, 0.15) is 36.5 Å². The van der Waals surface area contributed by atoms with E-state index in [2.05, 4.69) is 11.9 Å². The summed E-state index contributed by atoms with van der Waals surface area (Å²) in [4.78, 5) is 14.9. The molecule has 0 bridgehead atoms. The minimum absolute atomic E-state index is 0.250. The van der Waals surface area contributed by atoms with E-state index in [0.717, 1.165) is 29.3 Å². The molecule has 2 heteroatoms. The zero-order valence-corrected chi connectivity index (χ0v) is 8.92. The van der Waals surface area contributed by atoms with Crippen LogP contribution in [0.15, 0.2) is 30.5 Å². The SMILES string of the molecule is CCCCC(=O)c1ccc2[nH]ccc2c1. The second kappa shape index (κ2) is 4.30. The molecule has 0 unspecified atom stereocenters. The lowest BCUT2D eigenvalue weighted by Gasteiger charge is -2.00. The van der Waals surface area contributed by atoms with Gasteiger partial charge in [0.2, 0.25) is 0 Å². The van der Waals surface area contributed by atoms with E-state index in [1.165, 1.54) is 0 Å². The van der Waals surface area contributed by atoms with Crippen molar-refractivity contribution in [3.63, 3.8) is 0 Å². The van der Waals surface area contributed by atoms with Gasteiger partial charge < -0.3 is 4.98 Å². The third kappa shape index (κ3) is 2.09. The lowest BCUT2D eigenvalue weighted by Crippen LogP contribution is -1.97. The van der Waals surface area contributed by atoms with Crippen LogP contribution in [0, 0.1) is 0 Å². The molecule has 1 N–H and O–H groups in total. The van der Waals surface area contributed by atoms with Crippen molar-refractivity contribution in [2.45, 2.75) is 26.2 Å². The molecule has 0 saturated carbocycles. The Labute approximate surface area is 89.3 Å². The van der Waals surface area contributed by atoms with Crippen LogP contribution in [0.3, 0.4) is 0 Å². The van der Waals surface area contributed by atoms with E-state index in [1.54, 1.807) is 0 Å². The maximum Gasteiger partial charge on any atom is 0.162 e. The number of H-pyrrole nitrogens is 1. The second-order valence-electron chi connectivity index (χ2n) is 3.81. The van der Waals surface area contributed by atoms with Crippen LogP contribution in [-0.2, 0) is 0 Å². The molecule has 0 aliphatic rings. The van der Waals surface area contributed by atoms with Gasteiger partial charge in [-0.1, -0.05) is 13.3 Å². The summed E-state index contributed by atoms with van der Waals surface area (Å²) in [5.41, 5.74) is 1.91. The summed E-state index contributed by atoms with van der Waals surface area (Å²) < 4.78 is 0. The third-order valence-corrected chi connectivity index (χ3v) is 2.63. The highest BCUT2D eigenvalue weighted by Crippen LogP contribution is 2.16. The van der Waals surface area contributed by atoms with Gasteiger partial charge >= 0.3 is 0 Å². The molecule has 2 nitrogen and oxygen atoms in total. The number of hydrogen-bond donors (Lipinski definition) is 1. The van der Waals surface area contributed by atoms with Gasteiger partial charge in [0.25, 0.3) is 0 Å². The van der Waals surface area contributed by atoms with Gasteiger partial charge in [0.1, 0.15) is 0 Å². The predicted molar refractivity (Wildman–Crippen MR) is 62.2 cm³/mol. The van der Waals surface area contributed by atoms with Crippen LogP contribution in [-0.4, -0.2) is 10.8 Å². The Morgan fingerprint density at radius 1 is 1.33 bits per heavy atom. The molecule has 15 heavy (non-hydrogen) atoms. The van der Waals surface area contributed by atoms with E-state index >= 15 is 0 Å². The van der Waals surface area contributed by atoms with Crippen molar-refractivity contribution in [2.75, 3.05) is 0 Å². The fourth-order valence-electron chi connectivity index (χ4n) is 1.71. The lowest BCUT2D eigenvalue weighted by atomic mass is 10.0. The summed E-state index contributed by atoms with van der Waals surface area (Å²) in [5, 5.41) is 1.11. The van der Waals surface area contributed by atoms with E-state index in [9.17, 15) is 4.79 Å². The molecule has 1 aromatic carbocycles. The number of aromatic nitrogens is 1. The van der Waals surface area contributed by atoms with E-state index in [-0.39, 0.29) is 5.78 Å². The number of carbonyl (C=O) groups is 1. The molecule has 0 spiro atoms. The zero-order chi connectivity index (χ0) is 10.7. The number of carbonyl (C=O) groups excluding carboxylic acids is 1. The maximum absolute atomic E-state index is 11.8. The first-order valence-corrected chi connectivity index (χ1v) is 5.41. The Hall–Kier alpha value is -1.57. The van der Waals surface area contributed by atoms with Gasteiger partial charge in [0.15, 0.2) is 5.78 Å². The van der Waals surface area contributed by atoms with Gasteiger partial charge in [0, 0.05) is 29.1 Å². The molecule has 0 atom stereocenters. The standard InChI is InChI=1S/C13H15NO/c1-2-3-4-13(15)11-5-6-12-10(9-11)7-8-14-12/h5-9,14H,2-4H2,1H3. The van der Waals surface area contributed by atoms with Gasteiger partial charge in [-0.15, -0.1) is 0 Å². The van der Waals surface area contributed by atoms with E-state index in [1.807, 2.05) is 30.5 Å². The van der Waals surface area contributed by atoms with Crippen LogP contribution in [0.5, 0.6) is 0 Å². The Kier molecular flexibility index (Phi) is 2.86. The minimum atomic E-state index is 0.250. The maximum atomic E-state index is 11.8. The van der Waals surface area contributed by atoms with Gasteiger partial charge in [-0.3, -0.25) is 4.79 Å². The summed E-state index contributed by atoms with van der Waals surface area (Å²) >= 11 is 0. The number of benzene rings is 1. The van der Waals surface area contributed by atoms with Crippen LogP contribution in [0.2, 0.25) is 0 Å². The smallest absolute Gasteiger partial charge is 0.162 e. The molecule has 78 valence electrons. The second-order valence-corrected chi connectivity index (χ2v) is 3.81. The molecule has 2 aromatic rings. The summed E-state index contributed by atoms with van der Waals surface area (Å²) in [6.45, 7) is 2.10. The minimum Gasteiger partial charge on any atom is -0.361 e. The predicted octanol–water partition coefficient (Wildman–Crippen LogP) is 3.54. The van der Waals surface area contributed by atoms with Gasteiger partial charge in [-0.05, 0) is 30.7 Å². The summed E-state index contributed by atoms with van der Waals surface area (Å²) in [6.07, 6.45) is 4.60. The highest BCUT2D eigenvalue weighted by molar-refractivity contribution is 5.99. The highest BCUT2D eigenvalue weighted by atomic mass is 16.1. The molecule has 0 amide bonds. The first kappa shape index (κ1) is 9.97. The first-order valence-electron chi connectivity index (χ1n) is 5.41. The van der Waals surface area contributed by atoms with Crippen LogP contribution in [0.25, 0.3) is 10.9 Å². The average Bonchev–Trinajstić information content (AvgIpc) is 2.72. The first-order chi connectivity index (χ1) is 7.31. The lowest BCUT2D eigenvalue weighted by molar-refractivity contribution is 0.0980.